The number of carbonyl (C=O) groups excluding carboxylic acids is 1. The van der Waals surface area contributed by atoms with Crippen LogP contribution < -0.4 is 15.8 Å². The smallest absolute Gasteiger partial charge is 0.237 e. The van der Waals surface area contributed by atoms with Crippen molar-refractivity contribution in [1.82, 2.24) is 4.98 Å². The summed E-state index contributed by atoms with van der Waals surface area (Å²) >= 11 is 0. The summed E-state index contributed by atoms with van der Waals surface area (Å²) < 4.78 is 5.07. The van der Waals surface area contributed by atoms with Gasteiger partial charge in [-0.2, -0.15) is 0 Å². The molecule has 1 rings (SSSR count). The zero-order chi connectivity index (χ0) is 12.9. The molecule has 0 aliphatic heterocycles. The van der Waals surface area contributed by atoms with Gasteiger partial charge in [0.2, 0.25) is 11.8 Å². The van der Waals surface area contributed by atoms with Crippen LogP contribution in [0.1, 0.15) is 20.3 Å². The highest BCUT2D eigenvalue weighted by atomic mass is 16.5. The number of ether oxygens (including phenoxy) is 1. The van der Waals surface area contributed by atoms with Gasteiger partial charge in [0.25, 0.3) is 0 Å². The summed E-state index contributed by atoms with van der Waals surface area (Å²) in [6.45, 7) is 4.08. The fourth-order valence-corrected chi connectivity index (χ4v) is 1.32. The van der Waals surface area contributed by atoms with E-state index < -0.39 is 5.41 Å². The summed E-state index contributed by atoms with van der Waals surface area (Å²) in [6, 6.07) is 3.49. The Balaban J connectivity index is 2.87. The van der Waals surface area contributed by atoms with Gasteiger partial charge >= 0.3 is 0 Å². The molecular formula is C12H19N3O2. The van der Waals surface area contributed by atoms with Gasteiger partial charge in [-0.1, -0.05) is 6.92 Å². The molecule has 0 aromatic carbocycles. The molecule has 1 aromatic rings. The monoisotopic (exact) mass is 237 g/mol. The van der Waals surface area contributed by atoms with Crippen molar-refractivity contribution in [1.29, 1.82) is 0 Å². The highest BCUT2D eigenvalue weighted by molar-refractivity contribution is 5.96. The van der Waals surface area contributed by atoms with Crippen LogP contribution in [0.15, 0.2) is 18.3 Å². The molecule has 0 aliphatic rings. The van der Waals surface area contributed by atoms with Gasteiger partial charge in [-0.15, -0.1) is 0 Å². The standard InChI is InChI=1S/C12H19N3O2/c1-4-12(2,8-13)11(16)15-9-6-5-7-14-10(9)17-3/h5-7H,4,8,13H2,1-3H3,(H,15,16). The minimum Gasteiger partial charge on any atom is -0.480 e. The Morgan fingerprint density at radius 2 is 2.35 bits per heavy atom. The van der Waals surface area contributed by atoms with E-state index in [2.05, 4.69) is 10.3 Å². The maximum absolute atomic E-state index is 12.1. The molecule has 1 atom stereocenters. The first-order valence-corrected chi connectivity index (χ1v) is 5.58. The van der Waals surface area contributed by atoms with E-state index in [0.29, 0.717) is 24.5 Å². The molecule has 0 fully saturated rings. The van der Waals surface area contributed by atoms with Crippen molar-refractivity contribution in [3.8, 4) is 5.88 Å². The van der Waals surface area contributed by atoms with Crippen LogP contribution in [-0.4, -0.2) is 24.5 Å². The average molecular weight is 237 g/mol. The Hall–Kier alpha value is -1.62. The lowest BCUT2D eigenvalue weighted by Gasteiger charge is -2.25. The number of nitrogens with zero attached hydrogens (tertiary/aromatic N) is 1. The molecule has 0 spiro atoms. The summed E-state index contributed by atoms with van der Waals surface area (Å²) in [5.41, 5.74) is 5.63. The van der Waals surface area contributed by atoms with E-state index in [9.17, 15) is 4.79 Å². The maximum atomic E-state index is 12.1. The van der Waals surface area contributed by atoms with Crippen molar-refractivity contribution in [2.45, 2.75) is 20.3 Å². The molecule has 1 amide bonds. The lowest BCUT2D eigenvalue weighted by atomic mass is 9.86. The Bertz CT molecular complexity index is 389. The number of methoxy groups -OCH3 is 1. The third kappa shape index (κ3) is 2.94. The van der Waals surface area contributed by atoms with Crippen molar-refractivity contribution in [2.24, 2.45) is 11.1 Å². The number of aromatic nitrogens is 1. The normalized spacial score (nSPS) is 13.9. The second-order valence-electron chi connectivity index (χ2n) is 4.13. The quantitative estimate of drug-likeness (QED) is 0.811. The van der Waals surface area contributed by atoms with E-state index in [1.54, 1.807) is 18.3 Å². The van der Waals surface area contributed by atoms with Crippen molar-refractivity contribution >= 4 is 11.6 Å². The van der Waals surface area contributed by atoms with Gasteiger partial charge < -0.3 is 15.8 Å². The van der Waals surface area contributed by atoms with Gasteiger partial charge in [-0.25, -0.2) is 4.98 Å². The molecule has 94 valence electrons. The van der Waals surface area contributed by atoms with E-state index in [1.165, 1.54) is 7.11 Å². The number of amides is 1. The summed E-state index contributed by atoms with van der Waals surface area (Å²) in [5.74, 6) is 0.283. The Labute approximate surface area is 101 Å². The largest absolute Gasteiger partial charge is 0.480 e. The Kier molecular flexibility index (Phi) is 4.45. The van der Waals surface area contributed by atoms with Crippen LogP contribution in [0.3, 0.4) is 0 Å². The van der Waals surface area contributed by atoms with Crippen LogP contribution in [-0.2, 0) is 4.79 Å². The highest BCUT2D eigenvalue weighted by Crippen LogP contribution is 2.25. The Morgan fingerprint density at radius 1 is 1.65 bits per heavy atom. The van der Waals surface area contributed by atoms with Crippen LogP contribution in [0.4, 0.5) is 5.69 Å². The number of pyridine rings is 1. The number of carbonyl (C=O) groups is 1. The van der Waals surface area contributed by atoms with Crippen LogP contribution in [0.25, 0.3) is 0 Å². The van der Waals surface area contributed by atoms with Gasteiger partial charge in [0, 0.05) is 12.7 Å². The molecule has 3 N–H and O–H groups in total. The predicted molar refractivity (Wildman–Crippen MR) is 66.9 cm³/mol. The number of anilines is 1. The first-order chi connectivity index (χ1) is 8.07. The molecule has 0 saturated heterocycles. The molecular weight excluding hydrogens is 218 g/mol. The first-order valence-electron chi connectivity index (χ1n) is 5.58. The molecule has 1 aromatic heterocycles. The molecule has 1 heterocycles. The molecule has 1 unspecified atom stereocenters. The van der Waals surface area contributed by atoms with Gasteiger partial charge in [-0.05, 0) is 25.5 Å². The number of hydrogen-bond donors (Lipinski definition) is 2. The lowest BCUT2D eigenvalue weighted by molar-refractivity contribution is -0.124. The molecule has 0 bridgehead atoms. The highest BCUT2D eigenvalue weighted by Gasteiger charge is 2.30. The molecule has 0 aliphatic carbocycles. The minimum atomic E-state index is -0.569. The van der Waals surface area contributed by atoms with E-state index in [1.807, 2.05) is 13.8 Å². The van der Waals surface area contributed by atoms with Crippen molar-refractivity contribution < 1.29 is 9.53 Å². The third-order valence-corrected chi connectivity index (χ3v) is 2.99. The van der Waals surface area contributed by atoms with Crippen LogP contribution in [0.5, 0.6) is 5.88 Å². The summed E-state index contributed by atoms with van der Waals surface area (Å²) in [6.07, 6.45) is 2.29. The first kappa shape index (κ1) is 13.4. The van der Waals surface area contributed by atoms with Crippen LogP contribution in [0, 0.1) is 5.41 Å². The SMILES string of the molecule is CCC(C)(CN)C(=O)Nc1cccnc1OC. The minimum absolute atomic E-state index is 0.117. The second-order valence-corrected chi connectivity index (χ2v) is 4.13. The number of nitrogens with one attached hydrogen (secondary N) is 1. The van der Waals surface area contributed by atoms with Crippen LogP contribution >= 0.6 is 0 Å². The molecule has 5 nitrogen and oxygen atoms in total. The van der Waals surface area contributed by atoms with Gasteiger partial charge in [0.15, 0.2) is 0 Å². The average Bonchev–Trinajstić information content (AvgIpc) is 2.38. The summed E-state index contributed by atoms with van der Waals surface area (Å²) in [5, 5.41) is 2.80. The summed E-state index contributed by atoms with van der Waals surface area (Å²) in [4.78, 5) is 16.1. The van der Waals surface area contributed by atoms with E-state index >= 15 is 0 Å². The van der Waals surface area contributed by atoms with Crippen molar-refractivity contribution in [2.75, 3.05) is 19.0 Å². The summed E-state index contributed by atoms with van der Waals surface area (Å²) in [7, 11) is 1.51. The fourth-order valence-electron chi connectivity index (χ4n) is 1.32. The van der Waals surface area contributed by atoms with E-state index in [-0.39, 0.29) is 5.91 Å². The van der Waals surface area contributed by atoms with Crippen molar-refractivity contribution in [3.05, 3.63) is 18.3 Å². The third-order valence-electron chi connectivity index (χ3n) is 2.99. The molecule has 5 heteroatoms. The number of hydrogen-bond acceptors (Lipinski definition) is 4. The number of nitrogens with two attached hydrogens (primary N) is 1. The van der Waals surface area contributed by atoms with Gasteiger partial charge in [0.05, 0.1) is 12.5 Å². The maximum Gasteiger partial charge on any atom is 0.237 e. The zero-order valence-corrected chi connectivity index (χ0v) is 10.5. The zero-order valence-electron chi connectivity index (χ0n) is 10.5. The molecule has 17 heavy (non-hydrogen) atoms. The van der Waals surface area contributed by atoms with E-state index in [4.69, 9.17) is 10.5 Å². The second kappa shape index (κ2) is 5.63. The molecule has 0 radical (unpaired) electrons. The lowest BCUT2D eigenvalue weighted by Crippen LogP contribution is -2.39. The van der Waals surface area contributed by atoms with Crippen LogP contribution in [0.2, 0.25) is 0 Å². The van der Waals surface area contributed by atoms with Crippen molar-refractivity contribution in [3.63, 3.8) is 0 Å². The van der Waals surface area contributed by atoms with E-state index in [0.717, 1.165) is 0 Å². The molecule has 0 saturated carbocycles. The topological polar surface area (TPSA) is 77.2 Å². The fraction of sp³-hybridized carbons (Fsp3) is 0.500. The van der Waals surface area contributed by atoms with Gasteiger partial charge in [-0.3, -0.25) is 4.79 Å². The number of rotatable bonds is 5. The van der Waals surface area contributed by atoms with Gasteiger partial charge in [0.1, 0.15) is 5.69 Å². The Morgan fingerprint density at radius 3 is 2.88 bits per heavy atom. The predicted octanol–water partition coefficient (Wildman–Crippen LogP) is 1.40.